The smallest absolute Gasteiger partial charge is 0.290 e. The normalized spacial score (nSPS) is 19.2. The zero-order valence-electron chi connectivity index (χ0n) is 19.2. The van der Waals surface area contributed by atoms with E-state index in [1.807, 2.05) is 25.1 Å². The van der Waals surface area contributed by atoms with Crippen LogP contribution in [0.5, 0.6) is 0 Å². The Morgan fingerprint density at radius 1 is 1.30 bits per heavy atom. The number of hydrogen-bond donors (Lipinski definition) is 4. The third-order valence-electron chi connectivity index (χ3n) is 6.00. The fourth-order valence-corrected chi connectivity index (χ4v) is 4.44. The highest BCUT2D eigenvalue weighted by atomic mass is 16.3. The van der Waals surface area contributed by atoms with Crippen LogP contribution in [0.4, 0.5) is 0 Å². The Kier molecular flexibility index (Phi) is 7.71. The van der Waals surface area contributed by atoms with Crippen LogP contribution < -0.4 is 11.5 Å². The molecule has 1 fully saturated rings. The Labute approximate surface area is 194 Å². The van der Waals surface area contributed by atoms with Gasteiger partial charge in [-0.25, -0.2) is 4.99 Å². The molecule has 1 unspecified atom stereocenters. The quantitative estimate of drug-likeness (QED) is 0.269. The van der Waals surface area contributed by atoms with Gasteiger partial charge in [0.05, 0.1) is 5.52 Å². The first-order valence-electron chi connectivity index (χ1n) is 11.0. The summed E-state index contributed by atoms with van der Waals surface area (Å²) in [5, 5.41) is 15.2. The molecule has 1 aromatic heterocycles. The highest BCUT2D eigenvalue weighted by molar-refractivity contribution is 6.01. The Morgan fingerprint density at radius 2 is 2.03 bits per heavy atom. The van der Waals surface area contributed by atoms with Crippen LogP contribution in [0.2, 0.25) is 0 Å². The second kappa shape index (κ2) is 10.7. The van der Waals surface area contributed by atoms with E-state index in [0.717, 1.165) is 53.9 Å². The molecule has 1 saturated heterocycles. The monoisotopic (exact) mass is 448 g/mol. The van der Waals surface area contributed by atoms with E-state index in [4.69, 9.17) is 26.4 Å². The van der Waals surface area contributed by atoms with Gasteiger partial charge in [-0.2, -0.15) is 5.10 Å². The number of aromatic amines is 1. The molecule has 174 valence electrons. The molecule has 6 N–H and O–H groups in total. The van der Waals surface area contributed by atoms with Gasteiger partial charge in [0.2, 0.25) is 0 Å². The number of carbonyl (C=O) groups is 1. The summed E-state index contributed by atoms with van der Waals surface area (Å²) in [4.78, 5) is 15.3. The van der Waals surface area contributed by atoms with Crippen molar-refractivity contribution in [2.45, 2.75) is 33.1 Å². The minimum atomic E-state index is -0.250. The van der Waals surface area contributed by atoms with E-state index >= 15 is 0 Å². The second-order valence-electron chi connectivity index (χ2n) is 8.71. The number of aliphatic imine (C=N–C) groups is 1. The van der Waals surface area contributed by atoms with Gasteiger partial charge in [0.15, 0.2) is 0 Å². The number of hydrogen-bond acceptors (Lipinski definition) is 5. The predicted octanol–water partition coefficient (Wildman–Crippen LogP) is 3.38. The molecule has 8 nitrogen and oxygen atoms in total. The number of nitrogens with one attached hydrogen (secondary N) is 1. The van der Waals surface area contributed by atoms with Crippen LogP contribution in [0, 0.1) is 12.3 Å². The molecule has 0 amide bonds. The average Bonchev–Trinajstić information content (AvgIpc) is 3.18. The molecule has 1 atom stereocenters. The van der Waals surface area contributed by atoms with Gasteiger partial charge in [-0.1, -0.05) is 37.3 Å². The molecule has 8 heteroatoms. The summed E-state index contributed by atoms with van der Waals surface area (Å²) in [7, 11) is 0. The summed E-state index contributed by atoms with van der Waals surface area (Å²) in [6.45, 7) is 5.94. The molecule has 0 radical (unpaired) electrons. The molecule has 0 aliphatic carbocycles. The minimum Gasteiger partial charge on any atom is -0.483 e. The molecule has 1 aliphatic rings. The molecule has 0 bridgehead atoms. The van der Waals surface area contributed by atoms with Crippen LogP contribution in [0.1, 0.15) is 36.6 Å². The van der Waals surface area contributed by atoms with Crippen LogP contribution in [-0.4, -0.2) is 45.6 Å². The Balaban J connectivity index is 0.000000968. The number of H-pyrrole nitrogens is 1. The fourth-order valence-electron chi connectivity index (χ4n) is 4.44. The van der Waals surface area contributed by atoms with Gasteiger partial charge in [-0.3, -0.25) is 9.89 Å². The molecule has 2 heterocycles. The Morgan fingerprint density at radius 3 is 2.73 bits per heavy atom. The third-order valence-corrected chi connectivity index (χ3v) is 6.00. The number of fused-ring (bicyclic) bond motifs is 1. The molecule has 3 aromatic rings. The lowest BCUT2D eigenvalue weighted by atomic mass is 9.77. The van der Waals surface area contributed by atoms with Crippen molar-refractivity contribution in [2.24, 2.45) is 21.9 Å². The maximum absolute atomic E-state index is 8.36. The van der Waals surface area contributed by atoms with Crippen LogP contribution in [0.3, 0.4) is 0 Å². The first-order chi connectivity index (χ1) is 15.9. The number of nitrogens with two attached hydrogens (primary N) is 2. The zero-order valence-corrected chi connectivity index (χ0v) is 19.2. The lowest BCUT2D eigenvalue weighted by molar-refractivity contribution is -0.122. The van der Waals surface area contributed by atoms with E-state index in [1.54, 1.807) is 6.20 Å². The van der Waals surface area contributed by atoms with Crippen molar-refractivity contribution in [2.75, 3.05) is 13.1 Å². The standard InChI is InChI=1S/C24H30N6.CH2O2/c1-17-20-13-19(9-10-21(20)29-28-17)23(26)27-22(15-25)30-12-6-11-24(2,16-30)14-18-7-4-3-5-8-18;2-1-3/h3-5,7-10,13,15H,6,11-12,14,16,25H2,1-2H3,(H2,26,27)(H,28,29);1H,(H,2,3)/b22-15+;. The van der Waals surface area contributed by atoms with E-state index < -0.39 is 0 Å². The van der Waals surface area contributed by atoms with Gasteiger partial charge >= 0.3 is 0 Å². The van der Waals surface area contributed by atoms with Gasteiger partial charge < -0.3 is 21.5 Å². The van der Waals surface area contributed by atoms with Crippen LogP contribution in [0.15, 0.2) is 65.5 Å². The Bertz CT molecular complexity index is 1140. The maximum atomic E-state index is 8.36. The minimum absolute atomic E-state index is 0.172. The molecule has 4 rings (SSSR count). The van der Waals surface area contributed by atoms with Gasteiger partial charge in [0.25, 0.3) is 6.47 Å². The molecule has 33 heavy (non-hydrogen) atoms. The van der Waals surface area contributed by atoms with Gasteiger partial charge in [0.1, 0.15) is 11.7 Å². The van der Waals surface area contributed by atoms with E-state index in [2.05, 4.69) is 52.4 Å². The average molecular weight is 449 g/mol. The number of rotatable bonds is 5. The first kappa shape index (κ1) is 23.8. The van der Waals surface area contributed by atoms with Gasteiger partial charge in [-0.05, 0) is 55.4 Å². The van der Waals surface area contributed by atoms with Crippen molar-refractivity contribution < 1.29 is 9.90 Å². The van der Waals surface area contributed by atoms with Gasteiger partial charge in [0, 0.05) is 35.9 Å². The molecular weight excluding hydrogens is 416 g/mol. The van der Waals surface area contributed by atoms with Gasteiger partial charge in [-0.15, -0.1) is 0 Å². The third kappa shape index (κ3) is 5.91. The number of piperidine rings is 1. The highest BCUT2D eigenvalue weighted by Gasteiger charge is 2.32. The van der Waals surface area contributed by atoms with Crippen LogP contribution in [-0.2, 0) is 11.2 Å². The largest absolute Gasteiger partial charge is 0.483 e. The molecule has 0 saturated carbocycles. The van der Waals surface area contributed by atoms with Crippen LogP contribution >= 0.6 is 0 Å². The maximum Gasteiger partial charge on any atom is 0.290 e. The highest BCUT2D eigenvalue weighted by Crippen LogP contribution is 2.34. The van der Waals surface area contributed by atoms with Crippen molar-refractivity contribution in [1.29, 1.82) is 0 Å². The fraction of sp³-hybridized carbons (Fsp3) is 0.320. The molecule has 2 aromatic carbocycles. The van der Waals surface area contributed by atoms with Crippen molar-refractivity contribution in [3.8, 4) is 0 Å². The zero-order chi connectivity index (χ0) is 23.8. The van der Waals surface area contributed by atoms with E-state index in [-0.39, 0.29) is 11.9 Å². The number of nitrogens with zero attached hydrogens (tertiary/aromatic N) is 3. The van der Waals surface area contributed by atoms with E-state index in [9.17, 15) is 0 Å². The Hall–Kier alpha value is -3.81. The van der Waals surface area contributed by atoms with Crippen molar-refractivity contribution in [3.05, 3.63) is 77.4 Å². The topological polar surface area (TPSA) is 134 Å². The SMILES string of the molecule is Cc1[nH]nc2ccc(/C(N)=N/C(=C\N)N3CCCC(C)(Cc4ccccc4)C3)cc12.O=CO. The second-order valence-corrected chi connectivity index (χ2v) is 8.71. The van der Waals surface area contributed by atoms with E-state index in [0.29, 0.717) is 5.84 Å². The number of aryl methyl sites for hydroxylation is 1. The summed E-state index contributed by atoms with van der Waals surface area (Å²) in [5.41, 5.74) is 16.7. The predicted molar refractivity (Wildman–Crippen MR) is 132 cm³/mol. The summed E-state index contributed by atoms with van der Waals surface area (Å²) in [6, 6.07) is 16.6. The number of likely N-dealkylation sites (tertiary alicyclic amines) is 1. The lowest BCUT2D eigenvalue weighted by Crippen LogP contribution is -2.42. The van der Waals surface area contributed by atoms with Crippen LogP contribution in [0.25, 0.3) is 10.9 Å². The summed E-state index contributed by atoms with van der Waals surface area (Å²) in [5.74, 6) is 1.19. The van der Waals surface area contributed by atoms with E-state index in [1.165, 1.54) is 12.0 Å². The van der Waals surface area contributed by atoms with Crippen molar-refractivity contribution in [1.82, 2.24) is 15.1 Å². The summed E-state index contributed by atoms with van der Waals surface area (Å²) < 4.78 is 0. The molecule has 1 aliphatic heterocycles. The summed E-state index contributed by atoms with van der Waals surface area (Å²) >= 11 is 0. The van der Waals surface area contributed by atoms with Crippen molar-refractivity contribution >= 4 is 23.2 Å². The molecule has 0 spiro atoms. The summed E-state index contributed by atoms with van der Waals surface area (Å²) in [6.07, 6.45) is 4.91. The first-order valence-corrected chi connectivity index (χ1v) is 11.0. The van der Waals surface area contributed by atoms with Crippen molar-refractivity contribution in [3.63, 3.8) is 0 Å². The number of aromatic nitrogens is 2. The molecular formula is C25H32N6O2. The number of benzene rings is 2. The number of carboxylic acid groups (broad SMARTS) is 1. The lowest BCUT2D eigenvalue weighted by Gasteiger charge is -2.41. The number of amidine groups is 1.